The van der Waals surface area contributed by atoms with E-state index >= 15 is 0 Å². The van der Waals surface area contributed by atoms with Crippen molar-refractivity contribution < 1.29 is 4.79 Å². The second kappa shape index (κ2) is 4.96. The first kappa shape index (κ1) is 12.2. The zero-order valence-corrected chi connectivity index (χ0v) is 10.4. The van der Waals surface area contributed by atoms with Crippen molar-refractivity contribution in [2.75, 3.05) is 6.54 Å². The summed E-state index contributed by atoms with van der Waals surface area (Å²) < 4.78 is 1.70. The van der Waals surface area contributed by atoms with Crippen LogP contribution in [0.5, 0.6) is 0 Å². The van der Waals surface area contributed by atoms with Crippen molar-refractivity contribution in [2.45, 2.75) is 45.6 Å². The summed E-state index contributed by atoms with van der Waals surface area (Å²) in [7, 11) is 0. The minimum absolute atomic E-state index is 0.0540. The van der Waals surface area contributed by atoms with Crippen molar-refractivity contribution >= 4 is 5.78 Å². The van der Waals surface area contributed by atoms with Crippen LogP contribution < -0.4 is 5.73 Å². The van der Waals surface area contributed by atoms with Gasteiger partial charge in [-0.1, -0.05) is 18.6 Å². The fourth-order valence-corrected chi connectivity index (χ4v) is 2.41. The van der Waals surface area contributed by atoms with Gasteiger partial charge in [0.05, 0.1) is 6.20 Å². The molecule has 5 nitrogen and oxygen atoms in total. The van der Waals surface area contributed by atoms with Crippen LogP contribution in [0.2, 0.25) is 0 Å². The third-order valence-corrected chi connectivity index (χ3v) is 3.72. The van der Waals surface area contributed by atoms with Gasteiger partial charge in [-0.2, -0.15) is 0 Å². The fourth-order valence-electron chi connectivity index (χ4n) is 2.41. The molecule has 1 aromatic heterocycles. The molecule has 0 amide bonds. The van der Waals surface area contributed by atoms with Crippen molar-refractivity contribution in [3.63, 3.8) is 0 Å². The highest BCUT2D eigenvalue weighted by Gasteiger charge is 2.38. The molecule has 1 aromatic rings. The van der Waals surface area contributed by atoms with Gasteiger partial charge in [-0.25, -0.2) is 4.68 Å². The van der Waals surface area contributed by atoms with E-state index in [9.17, 15) is 4.79 Å². The summed E-state index contributed by atoms with van der Waals surface area (Å²) in [5, 5.41) is 7.76. The summed E-state index contributed by atoms with van der Waals surface area (Å²) in [5.74, 6) is 0.133. The SMILES string of the molecule is CCCn1nncc1C(=O)CC1(CN)CCC1. The number of rotatable bonds is 6. The maximum absolute atomic E-state index is 12.2. The number of ketones is 1. The van der Waals surface area contributed by atoms with Crippen LogP contribution in [-0.4, -0.2) is 27.3 Å². The van der Waals surface area contributed by atoms with Crippen LogP contribution in [0.15, 0.2) is 6.20 Å². The van der Waals surface area contributed by atoms with Crippen molar-refractivity contribution in [3.05, 3.63) is 11.9 Å². The first-order valence-electron chi connectivity index (χ1n) is 6.32. The lowest BCUT2D eigenvalue weighted by atomic mass is 9.66. The molecule has 1 aliphatic rings. The number of hydrogen-bond acceptors (Lipinski definition) is 4. The molecule has 0 aliphatic heterocycles. The summed E-state index contributed by atoms with van der Waals surface area (Å²) in [6, 6.07) is 0. The van der Waals surface area contributed by atoms with Crippen LogP contribution in [0.25, 0.3) is 0 Å². The molecule has 0 bridgehead atoms. The van der Waals surface area contributed by atoms with E-state index < -0.39 is 0 Å². The number of carbonyl (C=O) groups is 1. The minimum atomic E-state index is 0.0540. The van der Waals surface area contributed by atoms with E-state index in [1.165, 1.54) is 6.42 Å². The van der Waals surface area contributed by atoms with Crippen LogP contribution in [0, 0.1) is 5.41 Å². The van der Waals surface area contributed by atoms with Crippen LogP contribution >= 0.6 is 0 Å². The highest BCUT2D eigenvalue weighted by atomic mass is 16.1. The number of Topliss-reactive ketones (excluding diaryl/α,β-unsaturated/α-hetero) is 1. The lowest BCUT2D eigenvalue weighted by Crippen LogP contribution is -2.39. The van der Waals surface area contributed by atoms with Crippen molar-refractivity contribution in [1.82, 2.24) is 15.0 Å². The summed E-state index contributed by atoms with van der Waals surface area (Å²) in [4.78, 5) is 12.2. The van der Waals surface area contributed by atoms with Gasteiger partial charge < -0.3 is 5.73 Å². The molecule has 0 atom stereocenters. The first-order valence-corrected chi connectivity index (χ1v) is 6.32. The van der Waals surface area contributed by atoms with Gasteiger partial charge in [-0.05, 0) is 31.2 Å². The second-order valence-corrected chi connectivity index (χ2v) is 5.00. The van der Waals surface area contributed by atoms with Gasteiger partial charge in [0.15, 0.2) is 5.78 Å². The Bertz CT molecular complexity index is 389. The predicted molar refractivity (Wildman–Crippen MR) is 64.6 cm³/mol. The van der Waals surface area contributed by atoms with Gasteiger partial charge in [0.1, 0.15) is 5.69 Å². The molecule has 0 unspecified atom stereocenters. The molecule has 0 spiro atoms. The smallest absolute Gasteiger partial charge is 0.183 e. The van der Waals surface area contributed by atoms with E-state index in [4.69, 9.17) is 5.73 Å². The van der Waals surface area contributed by atoms with Crippen LogP contribution in [-0.2, 0) is 6.54 Å². The van der Waals surface area contributed by atoms with Gasteiger partial charge >= 0.3 is 0 Å². The Balaban J connectivity index is 2.06. The van der Waals surface area contributed by atoms with E-state index in [1.807, 2.05) is 0 Å². The number of aromatic nitrogens is 3. The predicted octanol–water partition coefficient (Wildman–Crippen LogP) is 1.39. The highest BCUT2D eigenvalue weighted by molar-refractivity contribution is 5.94. The quantitative estimate of drug-likeness (QED) is 0.757. The number of nitrogens with zero attached hydrogens (tertiary/aromatic N) is 3. The van der Waals surface area contributed by atoms with E-state index in [0.29, 0.717) is 18.7 Å². The lowest BCUT2D eigenvalue weighted by Gasteiger charge is -2.40. The normalized spacial score (nSPS) is 17.8. The number of aryl methyl sites for hydroxylation is 1. The Hall–Kier alpha value is -1.23. The summed E-state index contributed by atoms with van der Waals surface area (Å²) in [6.07, 6.45) is 6.40. The van der Waals surface area contributed by atoms with Gasteiger partial charge in [-0.3, -0.25) is 4.79 Å². The first-order chi connectivity index (χ1) is 8.21. The Labute approximate surface area is 101 Å². The zero-order valence-electron chi connectivity index (χ0n) is 10.4. The zero-order chi connectivity index (χ0) is 12.3. The monoisotopic (exact) mass is 236 g/mol. The third kappa shape index (κ3) is 2.39. The second-order valence-electron chi connectivity index (χ2n) is 5.00. The molecule has 2 N–H and O–H groups in total. The van der Waals surface area contributed by atoms with Crippen molar-refractivity contribution in [2.24, 2.45) is 11.1 Å². The van der Waals surface area contributed by atoms with Gasteiger partial charge in [0.25, 0.3) is 0 Å². The van der Waals surface area contributed by atoms with Crippen LogP contribution in [0.3, 0.4) is 0 Å². The topological polar surface area (TPSA) is 73.8 Å². The van der Waals surface area contributed by atoms with Crippen molar-refractivity contribution in [1.29, 1.82) is 0 Å². The summed E-state index contributed by atoms with van der Waals surface area (Å²) in [6.45, 7) is 3.41. The molecule has 2 rings (SSSR count). The van der Waals surface area contributed by atoms with Crippen LogP contribution in [0.1, 0.15) is 49.5 Å². The Kier molecular flexibility index (Phi) is 3.57. The largest absolute Gasteiger partial charge is 0.330 e. The molecule has 94 valence electrons. The Morgan fingerprint density at radius 2 is 2.35 bits per heavy atom. The minimum Gasteiger partial charge on any atom is -0.330 e. The molecule has 1 saturated carbocycles. The van der Waals surface area contributed by atoms with Crippen molar-refractivity contribution in [3.8, 4) is 0 Å². The number of hydrogen-bond donors (Lipinski definition) is 1. The van der Waals surface area contributed by atoms with Crippen LogP contribution in [0.4, 0.5) is 0 Å². The molecule has 1 aliphatic carbocycles. The van der Waals surface area contributed by atoms with E-state index in [1.54, 1.807) is 10.9 Å². The molecule has 1 heterocycles. The van der Waals surface area contributed by atoms with Gasteiger partial charge in [0.2, 0.25) is 0 Å². The maximum Gasteiger partial charge on any atom is 0.183 e. The molecular weight excluding hydrogens is 216 g/mol. The number of carbonyl (C=O) groups excluding carboxylic acids is 1. The fraction of sp³-hybridized carbons (Fsp3) is 0.750. The number of nitrogens with two attached hydrogens (primary N) is 1. The molecule has 17 heavy (non-hydrogen) atoms. The molecule has 0 aromatic carbocycles. The lowest BCUT2D eigenvalue weighted by molar-refractivity contribution is 0.0775. The summed E-state index contributed by atoms with van der Waals surface area (Å²) >= 11 is 0. The standard InChI is InChI=1S/C12H20N4O/c1-2-6-16-10(8-14-15-16)11(17)7-12(9-13)4-3-5-12/h8H,2-7,9,13H2,1H3. The molecule has 5 heteroatoms. The highest BCUT2D eigenvalue weighted by Crippen LogP contribution is 2.43. The molecule has 1 fully saturated rings. The maximum atomic E-state index is 12.2. The molecular formula is C12H20N4O. The Morgan fingerprint density at radius 1 is 1.59 bits per heavy atom. The molecule has 0 saturated heterocycles. The Morgan fingerprint density at radius 3 is 2.88 bits per heavy atom. The third-order valence-electron chi connectivity index (χ3n) is 3.72. The average Bonchev–Trinajstić information content (AvgIpc) is 2.72. The van der Waals surface area contributed by atoms with E-state index in [0.717, 1.165) is 25.8 Å². The van der Waals surface area contributed by atoms with E-state index in [2.05, 4.69) is 17.2 Å². The van der Waals surface area contributed by atoms with Gasteiger partial charge in [0, 0.05) is 13.0 Å². The summed E-state index contributed by atoms with van der Waals surface area (Å²) in [5.41, 5.74) is 6.46. The average molecular weight is 236 g/mol. The van der Waals surface area contributed by atoms with Gasteiger partial charge in [-0.15, -0.1) is 5.10 Å². The molecule has 0 radical (unpaired) electrons. The van der Waals surface area contributed by atoms with E-state index in [-0.39, 0.29) is 11.2 Å².